The first kappa shape index (κ1) is 14.4. The van der Waals surface area contributed by atoms with E-state index in [9.17, 15) is 14.4 Å². The average molecular weight is 257 g/mol. The number of carbonyl (C=O) groups is 3. The Morgan fingerprint density at radius 2 is 2.11 bits per heavy atom. The van der Waals surface area contributed by atoms with Crippen molar-refractivity contribution in [2.24, 2.45) is 0 Å². The maximum Gasteiger partial charge on any atom is 0.325 e. The van der Waals surface area contributed by atoms with Crippen molar-refractivity contribution in [3.05, 3.63) is 0 Å². The molecule has 7 nitrogen and oxygen atoms in total. The monoisotopic (exact) mass is 257 g/mol. The quantitative estimate of drug-likeness (QED) is 0.562. The van der Waals surface area contributed by atoms with E-state index in [1.807, 2.05) is 0 Å². The van der Waals surface area contributed by atoms with Gasteiger partial charge in [0.15, 0.2) is 0 Å². The molecule has 1 fully saturated rings. The molecule has 18 heavy (non-hydrogen) atoms. The highest BCUT2D eigenvalue weighted by Gasteiger charge is 2.43. The fourth-order valence-electron chi connectivity index (χ4n) is 1.63. The van der Waals surface area contributed by atoms with Crippen LogP contribution in [-0.2, 0) is 9.59 Å². The summed E-state index contributed by atoms with van der Waals surface area (Å²) in [5.41, 5.74) is -0.911. The van der Waals surface area contributed by atoms with Crippen LogP contribution >= 0.6 is 0 Å². The van der Waals surface area contributed by atoms with Gasteiger partial charge >= 0.3 is 6.03 Å². The molecule has 0 radical (unpaired) electrons. The Labute approximate surface area is 106 Å². The lowest BCUT2D eigenvalue weighted by Gasteiger charge is -2.16. The Kier molecular flexibility index (Phi) is 4.28. The second kappa shape index (κ2) is 5.34. The molecule has 4 amide bonds. The number of aliphatic hydroxyl groups excluding tert-OH is 1. The van der Waals surface area contributed by atoms with Gasteiger partial charge in [-0.2, -0.15) is 0 Å². The SMILES string of the molecule is C[C@H](CO)NC(=O)CCN1C(=O)NC(C)(C)C1=O. The van der Waals surface area contributed by atoms with E-state index in [0.29, 0.717) is 0 Å². The molecule has 7 heteroatoms. The van der Waals surface area contributed by atoms with Crippen LogP contribution in [0.4, 0.5) is 4.79 Å². The van der Waals surface area contributed by atoms with E-state index in [-0.39, 0.29) is 37.4 Å². The summed E-state index contributed by atoms with van der Waals surface area (Å²) in [6.07, 6.45) is 0.0274. The van der Waals surface area contributed by atoms with Gasteiger partial charge < -0.3 is 15.7 Å². The summed E-state index contributed by atoms with van der Waals surface area (Å²) < 4.78 is 0. The van der Waals surface area contributed by atoms with E-state index in [1.165, 1.54) is 0 Å². The van der Waals surface area contributed by atoms with E-state index in [1.54, 1.807) is 20.8 Å². The van der Waals surface area contributed by atoms with Gasteiger partial charge in [-0.25, -0.2) is 4.79 Å². The van der Waals surface area contributed by atoms with Gasteiger partial charge in [-0.15, -0.1) is 0 Å². The molecule has 1 saturated heterocycles. The standard InChI is InChI=1S/C11H19N3O4/c1-7(6-15)12-8(16)4-5-14-9(17)11(2,3)13-10(14)18/h7,15H,4-6H2,1-3H3,(H,12,16)(H,13,18)/t7-/m1/s1. The predicted molar refractivity (Wildman–Crippen MR) is 63.6 cm³/mol. The third-order valence-electron chi connectivity index (χ3n) is 2.69. The third-order valence-corrected chi connectivity index (χ3v) is 2.69. The Morgan fingerprint density at radius 1 is 1.50 bits per heavy atom. The van der Waals surface area contributed by atoms with Crippen LogP contribution in [0.2, 0.25) is 0 Å². The van der Waals surface area contributed by atoms with Crippen molar-refractivity contribution in [3.63, 3.8) is 0 Å². The molecule has 0 spiro atoms. The first-order valence-electron chi connectivity index (χ1n) is 5.82. The van der Waals surface area contributed by atoms with Crippen molar-refractivity contribution in [2.45, 2.75) is 38.8 Å². The van der Waals surface area contributed by atoms with Crippen LogP contribution in [0.25, 0.3) is 0 Å². The van der Waals surface area contributed by atoms with E-state index >= 15 is 0 Å². The lowest BCUT2D eigenvalue weighted by molar-refractivity contribution is -0.130. The van der Waals surface area contributed by atoms with Crippen molar-refractivity contribution in [1.82, 2.24) is 15.5 Å². The van der Waals surface area contributed by atoms with Crippen molar-refractivity contribution >= 4 is 17.8 Å². The molecule has 0 aliphatic carbocycles. The van der Waals surface area contributed by atoms with E-state index in [0.717, 1.165) is 4.90 Å². The maximum atomic E-state index is 11.8. The third kappa shape index (κ3) is 3.19. The van der Waals surface area contributed by atoms with Crippen LogP contribution in [0.1, 0.15) is 27.2 Å². The molecular weight excluding hydrogens is 238 g/mol. The largest absolute Gasteiger partial charge is 0.394 e. The van der Waals surface area contributed by atoms with Crippen molar-refractivity contribution in [1.29, 1.82) is 0 Å². The minimum absolute atomic E-state index is 0.0274. The van der Waals surface area contributed by atoms with Crippen molar-refractivity contribution < 1.29 is 19.5 Å². The van der Waals surface area contributed by atoms with Crippen LogP contribution in [-0.4, -0.2) is 52.6 Å². The maximum absolute atomic E-state index is 11.8. The number of amides is 4. The molecule has 0 aromatic carbocycles. The normalized spacial score (nSPS) is 19.7. The van der Waals surface area contributed by atoms with Crippen LogP contribution in [0.5, 0.6) is 0 Å². The van der Waals surface area contributed by atoms with E-state index < -0.39 is 11.6 Å². The molecule has 0 unspecified atom stereocenters. The van der Waals surface area contributed by atoms with Crippen molar-refractivity contribution in [2.75, 3.05) is 13.2 Å². The zero-order chi connectivity index (χ0) is 13.9. The molecule has 1 aliphatic rings. The fourth-order valence-corrected chi connectivity index (χ4v) is 1.63. The second-order valence-corrected chi connectivity index (χ2v) is 4.91. The number of nitrogens with one attached hydrogen (secondary N) is 2. The first-order valence-corrected chi connectivity index (χ1v) is 5.82. The van der Waals surface area contributed by atoms with Gasteiger partial charge in [0.25, 0.3) is 5.91 Å². The van der Waals surface area contributed by atoms with Crippen LogP contribution in [0.3, 0.4) is 0 Å². The number of hydrogen-bond donors (Lipinski definition) is 3. The minimum atomic E-state index is -0.911. The second-order valence-electron chi connectivity index (χ2n) is 4.91. The molecule has 0 bridgehead atoms. The number of hydrogen-bond acceptors (Lipinski definition) is 4. The van der Waals surface area contributed by atoms with E-state index in [4.69, 9.17) is 5.11 Å². The molecule has 1 rings (SSSR count). The summed E-state index contributed by atoms with van der Waals surface area (Å²) in [5, 5.41) is 13.9. The molecule has 0 aromatic heterocycles. The van der Waals surface area contributed by atoms with Crippen LogP contribution < -0.4 is 10.6 Å². The van der Waals surface area contributed by atoms with Gasteiger partial charge in [0, 0.05) is 19.0 Å². The number of imide groups is 1. The highest BCUT2D eigenvalue weighted by atomic mass is 16.3. The Hall–Kier alpha value is -1.63. The topological polar surface area (TPSA) is 98.7 Å². The van der Waals surface area contributed by atoms with Crippen LogP contribution in [0, 0.1) is 0 Å². The van der Waals surface area contributed by atoms with Crippen LogP contribution in [0.15, 0.2) is 0 Å². The predicted octanol–water partition coefficient (Wildman–Crippen LogP) is -0.796. The highest BCUT2D eigenvalue weighted by Crippen LogP contribution is 2.16. The molecule has 0 saturated carbocycles. The first-order chi connectivity index (χ1) is 8.27. The van der Waals surface area contributed by atoms with Gasteiger partial charge in [0.2, 0.25) is 5.91 Å². The van der Waals surface area contributed by atoms with Crippen molar-refractivity contribution in [3.8, 4) is 0 Å². The van der Waals surface area contributed by atoms with Gasteiger partial charge in [-0.1, -0.05) is 0 Å². The minimum Gasteiger partial charge on any atom is -0.394 e. The zero-order valence-corrected chi connectivity index (χ0v) is 10.8. The summed E-state index contributed by atoms with van der Waals surface area (Å²) in [5.74, 6) is -0.641. The molecule has 102 valence electrons. The Balaban J connectivity index is 2.47. The number of urea groups is 1. The zero-order valence-electron chi connectivity index (χ0n) is 10.8. The summed E-state index contributed by atoms with van der Waals surface area (Å²) in [6.45, 7) is 4.77. The smallest absolute Gasteiger partial charge is 0.325 e. The van der Waals surface area contributed by atoms with E-state index in [2.05, 4.69) is 10.6 Å². The number of nitrogens with zero attached hydrogens (tertiary/aromatic N) is 1. The highest BCUT2D eigenvalue weighted by molar-refractivity contribution is 6.06. The molecule has 1 heterocycles. The van der Waals surface area contributed by atoms with Gasteiger partial charge in [-0.05, 0) is 20.8 Å². The summed E-state index contributed by atoms with van der Waals surface area (Å²) in [4.78, 5) is 35.8. The summed E-state index contributed by atoms with van der Waals surface area (Å²) in [7, 11) is 0. The Morgan fingerprint density at radius 3 is 2.56 bits per heavy atom. The molecule has 0 aromatic rings. The van der Waals surface area contributed by atoms with Gasteiger partial charge in [0.1, 0.15) is 5.54 Å². The molecule has 3 N–H and O–H groups in total. The summed E-state index contributed by atoms with van der Waals surface area (Å²) >= 11 is 0. The lowest BCUT2D eigenvalue weighted by Crippen LogP contribution is -2.41. The molecular formula is C11H19N3O4. The number of carbonyl (C=O) groups excluding carboxylic acids is 3. The Bertz CT molecular complexity index is 367. The average Bonchev–Trinajstić information content (AvgIpc) is 2.46. The van der Waals surface area contributed by atoms with Gasteiger partial charge in [0.05, 0.1) is 6.61 Å². The lowest BCUT2D eigenvalue weighted by atomic mass is 10.1. The molecule has 1 atom stereocenters. The fraction of sp³-hybridized carbons (Fsp3) is 0.727. The number of aliphatic hydroxyl groups is 1. The summed E-state index contributed by atoms with van der Waals surface area (Å²) in [6, 6.07) is -0.815. The molecule has 1 aliphatic heterocycles. The number of rotatable bonds is 5. The van der Waals surface area contributed by atoms with Gasteiger partial charge in [-0.3, -0.25) is 14.5 Å².